The van der Waals surface area contributed by atoms with E-state index in [0.717, 1.165) is 84.3 Å². The Kier molecular flexibility index (Phi) is 17.3. The van der Waals surface area contributed by atoms with Gasteiger partial charge >= 0.3 is 0 Å². The number of hydrogen-bond donors (Lipinski definition) is 0. The number of aryl methyl sites for hydroxylation is 12. The zero-order chi connectivity index (χ0) is 56.5. The largest absolute Gasteiger partial charge is 0.281 e. The lowest BCUT2D eigenvalue weighted by molar-refractivity contribution is 0.859. The standard InChI is InChI=1S/C12H13NO.C11H12N2O.2C10H10N2O.2C8H7N3O/c1-8-4-6-10(3)13-11(14)7-5-9(2)12(8)13;1-7-4-5-9(3)13-10(7)12-6-8(2)11(13)14;1-7-3-4-9(13)12-8(2)5-6-11-10(7)12;1-7-3-4-8(2)12-9(13)5-6-11-10(7)12;1-6-2-5-10-11-7(12)3-4-9-8(6)11;1-6-2-4-9-8-10-5-3-7(12)11(6)8/h4-7H,1-3H3;4-6H,1-3H3;2*3-6H,1-2H3;2*2-5H,1H3. The molecule has 0 radical (unpaired) electrons. The molecule has 0 atom stereocenters. The third-order valence-corrected chi connectivity index (χ3v) is 12.6. The molecule has 19 nitrogen and oxygen atoms in total. The number of pyridine rings is 5. The second-order valence-electron chi connectivity index (χ2n) is 18.5. The normalized spacial score (nSPS) is 10.6. The van der Waals surface area contributed by atoms with Crippen LogP contribution in [-0.2, 0) is 0 Å². The fourth-order valence-corrected chi connectivity index (χ4v) is 8.43. The molecule has 0 amide bonds. The number of aromatic nitrogens is 13. The van der Waals surface area contributed by atoms with Gasteiger partial charge in [-0.15, -0.1) is 0 Å². The first-order valence-electron chi connectivity index (χ1n) is 24.7. The van der Waals surface area contributed by atoms with E-state index >= 15 is 0 Å². The third-order valence-electron chi connectivity index (χ3n) is 12.6. The highest BCUT2D eigenvalue weighted by Gasteiger charge is 2.07. The van der Waals surface area contributed by atoms with Crippen molar-refractivity contribution in [3.8, 4) is 0 Å². The second-order valence-corrected chi connectivity index (χ2v) is 18.5. The van der Waals surface area contributed by atoms with Crippen LogP contribution >= 0.6 is 0 Å². The summed E-state index contributed by atoms with van der Waals surface area (Å²) in [5.41, 5.74) is 15.2. The summed E-state index contributed by atoms with van der Waals surface area (Å²) in [4.78, 5) is 93.5. The average Bonchev–Trinajstić information content (AvgIpc) is 3.46. The Morgan fingerprint density at radius 1 is 0.282 bits per heavy atom. The molecule has 12 aromatic heterocycles. The fraction of sp³-hybridized carbons (Fsp3) is 0.203. The van der Waals surface area contributed by atoms with Gasteiger partial charge in [-0.3, -0.25) is 46.4 Å². The number of fused-ring (bicyclic) bond motifs is 6. The first-order valence-corrected chi connectivity index (χ1v) is 24.7. The monoisotopic (exact) mass is 1050 g/mol. The zero-order valence-electron chi connectivity index (χ0n) is 45.5. The van der Waals surface area contributed by atoms with E-state index in [-0.39, 0.29) is 33.4 Å². The molecule has 396 valence electrons. The van der Waals surface area contributed by atoms with Crippen molar-refractivity contribution in [1.29, 1.82) is 0 Å². The summed E-state index contributed by atoms with van der Waals surface area (Å²) in [6.07, 6.45) is 11.1. The van der Waals surface area contributed by atoms with E-state index < -0.39 is 0 Å². The van der Waals surface area contributed by atoms with Crippen LogP contribution in [0.2, 0.25) is 0 Å². The zero-order valence-corrected chi connectivity index (χ0v) is 45.5. The molecule has 0 aliphatic heterocycles. The van der Waals surface area contributed by atoms with Crippen molar-refractivity contribution in [2.24, 2.45) is 0 Å². The molecule has 0 aliphatic rings. The summed E-state index contributed by atoms with van der Waals surface area (Å²) in [6.45, 7) is 23.1. The van der Waals surface area contributed by atoms with Gasteiger partial charge in [0.15, 0.2) is 5.65 Å². The molecule has 0 saturated heterocycles. The van der Waals surface area contributed by atoms with Crippen LogP contribution in [0.3, 0.4) is 0 Å². The van der Waals surface area contributed by atoms with Crippen molar-refractivity contribution in [3.63, 3.8) is 0 Å². The summed E-state index contributed by atoms with van der Waals surface area (Å²) >= 11 is 0. The van der Waals surface area contributed by atoms with Crippen LogP contribution in [-0.4, -0.2) is 61.5 Å². The SMILES string of the molecule is Cc1ccc(=O)n2c(C)ccnc12.Cc1ccc(C)n2c(=O)ccc(C)c12.Cc1ccc(C)n2c(=O)ccnc12.Cc1ccnc2nccc(=O)n12.Cc1ccnn2c(=O)ccnc12.Cc1cnc2c(C)ccc(C)n2c1=O. The second kappa shape index (κ2) is 24.2. The third kappa shape index (κ3) is 12.1. The number of hydrogen-bond acceptors (Lipinski definition) is 13. The molecule has 12 rings (SSSR count). The van der Waals surface area contributed by atoms with Crippen LogP contribution in [0, 0.1) is 83.1 Å². The molecule has 78 heavy (non-hydrogen) atoms. The summed E-state index contributed by atoms with van der Waals surface area (Å²) in [6, 6.07) is 28.4. The smallest absolute Gasteiger partial charge is 0.274 e. The lowest BCUT2D eigenvalue weighted by atomic mass is 10.1. The van der Waals surface area contributed by atoms with Crippen molar-refractivity contribution < 1.29 is 0 Å². The van der Waals surface area contributed by atoms with Crippen LogP contribution in [0.5, 0.6) is 0 Å². The lowest BCUT2D eigenvalue weighted by Gasteiger charge is -2.09. The minimum Gasteiger partial charge on any atom is -0.281 e. The van der Waals surface area contributed by atoms with Gasteiger partial charge in [-0.1, -0.05) is 30.3 Å². The topological polar surface area (TPSA) is 219 Å². The Morgan fingerprint density at radius 2 is 0.654 bits per heavy atom. The van der Waals surface area contributed by atoms with Crippen molar-refractivity contribution in [2.75, 3.05) is 0 Å². The number of rotatable bonds is 0. The molecule has 0 N–H and O–H groups in total. The number of nitrogens with zero attached hydrogens (tertiary/aromatic N) is 13. The Morgan fingerprint density at radius 3 is 1.19 bits per heavy atom. The van der Waals surface area contributed by atoms with Crippen LogP contribution in [0.25, 0.3) is 33.9 Å². The van der Waals surface area contributed by atoms with Crippen molar-refractivity contribution >= 4 is 33.9 Å². The van der Waals surface area contributed by atoms with Crippen LogP contribution in [0.1, 0.15) is 67.4 Å². The molecule has 0 bridgehead atoms. The summed E-state index contributed by atoms with van der Waals surface area (Å²) in [5.74, 6) is 0.447. The first-order chi connectivity index (χ1) is 37.2. The van der Waals surface area contributed by atoms with E-state index in [0.29, 0.717) is 17.0 Å². The Balaban J connectivity index is 0.000000136. The van der Waals surface area contributed by atoms with Gasteiger partial charge in [-0.05, 0) is 153 Å². The van der Waals surface area contributed by atoms with Gasteiger partial charge < -0.3 is 0 Å². The molecule has 12 aromatic rings. The van der Waals surface area contributed by atoms with Crippen LogP contribution < -0.4 is 33.4 Å². The van der Waals surface area contributed by atoms with E-state index in [1.54, 1.807) is 79.8 Å². The van der Waals surface area contributed by atoms with Gasteiger partial charge in [-0.2, -0.15) is 9.61 Å². The van der Waals surface area contributed by atoms with Gasteiger partial charge in [0.05, 0.1) is 5.52 Å². The predicted octanol–water partition coefficient (Wildman–Crippen LogP) is 7.26. The van der Waals surface area contributed by atoms with Crippen molar-refractivity contribution in [2.45, 2.75) is 83.1 Å². The maximum absolute atomic E-state index is 11.8. The van der Waals surface area contributed by atoms with E-state index in [2.05, 4.69) is 41.1 Å². The molecule has 0 unspecified atom stereocenters. The van der Waals surface area contributed by atoms with Crippen molar-refractivity contribution in [3.05, 3.63) is 270 Å². The molecule has 19 heteroatoms. The minimum atomic E-state index is -0.149. The predicted molar refractivity (Wildman–Crippen MR) is 303 cm³/mol. The van der Waals surface area contributed by atoms with E-state index in [1.807, 2.05) is 125 Å². The first kappa shape index (κ1) is 55.8. The van der Waals surface area contributed by atoms with E-state index in [1.165, 1.54) is 39.5 Å². The highest BCUT2D eigenvalue weighted by atomic mass is 16.1. The van der Waals surface area contributed by atoms with Gasteiger partial charge in [0.25, 0.3) is 33.4 Å². The molecular weight excluding hydrogens is 987 g/mol. The molecule has 0 aliphatic carbocycles. The Hall–Kier alpha value is -9.91. The van der Waals surface area contributed by atoms with Gasteiger partial charge in [0.1, 0.15) is 16.9 Å². The highest BCUT2D eigenvalue weighted by molar-refractivity contribution is 5.60. The quantitative estimate of drug-likeness (QED) is 0.146. The Bertz CT molecular complexity index is 4520. The molecular formula is C59H59N13O6. The molecule has 12 heterocycles. The highest BCUT2D eigenvalue weighted by Crippen LogP contribution is 2.15. The molecule has 0 saturated carbocycles. The van der Waals surface area contributed by atoms with Gasteiger partial charge in [0.2, 0.25) is 5.78 Å². The van der Waals surface area contributed by atoms with Crippen LogP contribution in [0.4, 0.5) is 0 Å². The average molecular weight is 1050 g/mol. The summed E-state index contributed by atoms with van der Waals surface area (Å²) < 4.78 is 9.43. The Labute approximate surface area is 446 Å². The molecule has 0 spiro atoms. The summed E-state index contributed by atoms with van der Waals surface area (Å²) in [7, 11) is 0. The minimum absolute atomic E-state index is 0.0220. The van der Waals surface area contributed by atoms with Gasteiger partial charge in [0, 0.05) is 108 Å². The van der Waals surface area contributed by atoms with E-state index in [4.69, 9.17) is 0 Å². The maximum Gasteiger partial charge on any atom is 0.274 e. The van der Waals surface area contributed by atoms with E-state index in [9.17, 15) is 28.8 Å². The summed E-state index contributed by atoms with van der Waals surface area (Å²) in [5, 5.41) is 3.88. The maximum atomic E-state index is 11.8. The van der Waals surface area contributed by atoms with Crippen LogP contribution in [0.15, 0.2) is 169 Å². The molecule has 0 fully saturated rings. The van der Waals surface area contributed by atoms with Gasteiger partial charge in [-0.25, -0.2) is 34.3 Å². The lowest BCUT2D eigenvalue weighted by Crippen LogP contribution is -2.19. The molecule has 0 aromatic carbocycles. The van der Waals surface area contributed by atoms with Crippen molar-refractivity contribution in [1.82, 2.24) is 61.5 Å². The fourth-order valence-electron chi connectivity index (χ4n) is 8.43.